The van der Waals surface area contributed by atoms with Gasteiger partial charge in [0.05, 0.1) is 11.7 Å². The van der Waals surface area contributed by atoms with Crippen molar-refractivity contribution in [2.75, 3.05) is 6.54 Å². The van der Waals surface area contributed by atoms with E-state index in [9.17, 15) is 18.3 Å². The number of rotatable bonds is 3. The summed E-state index contributed by atoms with van der Waals surface area (Å²) in [5.74, 6) is 0.557. The quantitative estimate of drug-likeness (QED) is 0.720. The molecular formula is C18H20F3N5O. The third-order valence-electron chi connectivity index (χ3n) is 5.01. The number of aliphatic hydroxyl groups excluding tert-OH is 1. The number of alkyl halides is 3. The Morgan fingerprint density at radius 2 is 2.11 bits per heavy atom. The molecular weight excluding hydrogens is 359 g/mol. The van der Waals surface area contributed by atoms with Crippen LogP contribution < -0.4 is 0 Å². The largest absolute Gasteiger partial charge is 0.407 e. The van der Waals surface area contributed by atoms with Gasteiger partial charge >= 0.3 is 6.18 Å². The highest BCUT2D eigenvalue weighted by Gasteiger charge is 2.29. The smallest absolute Gasteiger partial charge is 0.385 e. The van der Waals surface area contributed by atoms with E-state index in [2.05, 4.69) is 19.9 Å². The number of aliphatic imine (C=N–C) groups is 1. The molecule has 3 heterocycles. The molecule has 0 unspecified atom stereocenters. The summed E-state index contributed by atoms with van der Waals surface area (Å²) in [6, 6.07) is 1.97. The molecule has 0 spiro atoms. The summed E-state index contributed by atoms with van der Waals surface area (Å²) in [7, 11) is 0. The molecule has 1 fully saturated rings. The first-order valence-electron chi connectivity index (χ1n) is 8.94. The molecule has 9 heteroatoms. The van der Waals surface area contributed by atoms with Crippen LogP contribution in [0, 0.1) is 0 Å². The number of nitrogens with zero attached hydrogens (tertiary/aromatic N) is 4. The number of aliphatic hydroxyl groups is 1. The number of fused-ring (bicyclic) bond motifs is 3. The van der Waals surface area contributed by atoms with Crippen LogP contribution in [0.1, 0.15) is 50.6 Å². The van der Waals surface area contributed by atoms with E-state index in [-0.39, 0.29) is 6.04 Å². The molecule has 3 aromatic heterocycles. The molecule has 6 nitrogen and oxygen atoms in total. The minimum Gasteiger partial charge on any atom is -0.385 e. The minimum absolute atomic E-state index is 0.0462. The van der Waals surface area contributed by atoms with Gasteiger partial charge in [-0.05, 0) is 38.7 Å². The fourth-order valence-corrected chi connectivity index (χ4v) is 3.83. The lowest BCUT2D eigenvalue weighted by molar-refractivity contribution is -0.118. The Hall–Kier alpha value is -2.42. The molecule has 0 bridgehead atoms. The number of aromatic nitrogens is 4. The SMILES string of the molecule is C[C@@H](O)c1nc2cnc3[nH]ccc3c2n1C1CCC(=NCC(F)(F)F)CC1. The van der Waals surface area contributed by atoms with Gasteiger partial charge in [0.15, 0.2) is 0 Å². The van der Waals surface area contributed by atoms with E-state index in [1.807, 2.05) is 10.6 Å². The molecule has 1 saturated carbocycles. The molecule has 27 heavy (non-hydrogen) atoms. The Kier molecular flexibility index (Phi) is 4.41. The van der Waals surface area contributed by atoms with Gasteiger partial charge in [0.2, 0.25) is 0 Å². The predicted molar refractivity (Wildman–Crippen MR) is 95.9 cm³/mol. The fraction of sp³-hybridized carbons (Fsp3) is 0.500. The van der Waals surface area contributed by atoms with Crippen LogP contribution in [0.5, 0.6) is 0 Å². The van der Waals surface area contributed by atoms with Gasteiger partial charge in [0.25, 0.3) is 0 Å². The Bertz CT molecular complexity index is 992. The number of H-pyrrole nitrogens is 1. The van der Waals surface area contributed by atoms with Crippen LogP contribution in [-0.2, 0) is 0 Å². The average Bonchev–Trinajstić information content (AvgIpc) is 3.23. The van der Waals surface area contributed by atoms with Gasteiger partial charge < -0.3 is 14.7 Å². The lowest BCUT2D eigenvalue weighted by atomic mass is 9.93. The number of hydrogen-bond acceptors (Lipinski definition) is 4. The lowest BCUT2D eigenvalue weighted by Gasteiger charge is -2.27. The molecule has 1 aliphatic carbocycles. The number of nitrogens with one attached hydrogen (secondary N) is 1. The monoisotopic (exact) mass is 379 g/mol. The van der Waals surface area contributed by atoms with Crippen molar-refractivity contribution in [3.63, 3.8) is 0 Å². The maximum absolute atomic E-state index is 12.4. The predicted octanol–water partition coefficient (Wildman–Crippen LogP) is 4.08. The molecule has 4 rings (SSSR count). The van der Waals surface area contributed by atoms with Gasteiger partial charge in [-0.1, -0.05) is 0 Å². The average molecular weight is 379 g/mol. The minimum atomic E-state index is -4.27. The van der Waals surface area contributed by atoms with Gasteiger partial charge in [-0.2, -0.15) is 13.2 Å². The van der Waals surface area contributed by atoms with Gasteiger partial charge in [0, 0.05) is 23.3 Å². The molecule has 0 aromatic carbocycles. The molecule has 2 N–H and O–H groups in total. The Morgan fingerprint density at radius 1 is 1.37 bits per heavy atom. The Balaban J connectivity index is 1.69. The fourth-order valence-electron chi connectivity index (χ4n) is 3.83. The molecule has 1 aliphatic rings. The summed E-state index contributed by atoms with van der Waals surface area (Å²) >= 11 is 0. The van der Waals surface area contributed by atoms with Crippen molar-refractivity contribution in [2.45, 2.75) is 50.9 Å². The van der Waals surface area contributed by atoms with Gasteiger partial charge in [-0.25, -0.2) is 9.97 Å². The van der Waals surface area contributed by atoms with Crippen LogP contribution >= 0.6 is 0 Å². The van der Waals surface area contributed by atoms with Crippen molar-refractivity contribution >= 4 is 27.8 Å². The normalized spacial score (nSPS) is 19.7. The zero-order valence-corrected chi connectivity index (χ0v) is 14.8. The zero-order chi connectivity index (χ0) is 19.2. The van der Waals surface area contributed by atoms with E-state index in [1.165, 1.54) is 0 Å². The van der Waals surface area contributed by atoms with Crippen LogP contribution in [0.15, 0.2) is 23.5 Å². The first kappa shape index (κ1) is 18.0. The molecule has 0 radical (unpaired) electrons. The third-order valence-corrected chi connectivity index (χ3v) is 5.01. The van der Waals surface area contributed by atoms with Crippen molar-refractivity contribution < 1.29 is 18.3 Å². The summed E-state index contributed by atoms with van der Waals surface area (Å²) in [5, 5.41) is 11.1. The van der Waals surface area contributed by atoms with E-state index in [4.69, 9.17) is 0 Å². The van der Waals surface area contributed by atoms with Gasteiger partial charge in [0.1, 0.15) is 29.6 Å². The maximum Gasteiger partial charge on any atom is 0.407 e. The van der Waals surface area contributed by atoms with Gasteiger partial charge in [-0.3, -0.25) is 4.99 Å². The molecule has 0 saturated heterocycles. The molecule has 0 aliphatic heterocycles. The number of halogens is 3. The second kappa shape index (κ2) is 6.63. The van der Waals surface area contributed by atoms with Crippen LogP contribution in [0.4, 0.5) is 13.2 Å². The summed E-state index contributed by atoms with van der Waals surface area (Å²) in [6.07, 6.45) is 0.812. The van der Waals surface area contributed by atoms with Crippen molar-refractivity contribution in [2.24, 2.45) is 4.99 Å². The summed E-state index contributed by atoms with van der Waals surface area (Å²) in [6.45, 7) is 0.550. The molecule has 1 atom stereocenters. The Labute approximate surface area is 153 Å². The van der Waals surface area contributed by atoms with Crippen LogP contribution in [0.2, 0.25) is 0 Å². The molecule has 144 valence electrons. The van der Waals surface area contributed by atoms with Crippen molar-refractivity contribution in [3.8, 4) is 0 Å². The number of imidazole rings is 1. The number of pyridine rings is 1. The first-order valence-corrected chi connectivity index (χ1v) is 8.94. The van der Waals surface area contributed by atoms with Crippen LogP contribution in [0.3, 0.4) is 0 Å². The van der Waals surface area contributed by atoms with E-state index in [0.29, 0.717) is 42.7 Å². The highest BCUT2D eigenvalue weighted by atomic mass is 19.4. The molecule has 3 aromatic rings. The third kappa shape index (κ3) is 3.43. The number of hydrogen-bond donors (Lipinski definition) is 2. The van der Waals surface area contributed by atoms with E-state index in [1.54, 1.807) is 19.3 Å². The molecule has 0 amide bonds. The second-order valence-corrected chi connectivity index (χ2v) is 6.98. The topological polar surface area (TPSA) is 79.1 Å². The van der Waals surface area contributed by atoms with E-state index in [0.717, 1.165) is 16.6 Å². The van der Waals surface area contributed by atoms with Crippen LogP contribution in [-0.4, -0.2) is 43.1 Å². The zero-order valence-electron chi connectivity index (χ0n) is 14.8. The summed E-state index contributed by atoms with van der Waals surface area (Å²) in [4.78, 5) is 15.7. The van der Waals surface area contributed by atoms with Gasteiger partial charge in [-0.15, -0.1) is 0 Å². The van der Waals surface area contributed by atoms with E-state index < -0.39 is 18.8 Å². The lowest BCUT2D eigenvalue weighted by Crippen LogP contribution is -2.22. The second-order valence-electron chi connectivity index (χ2n) is 6.98. The maximum atomic E-state index is 12.4. The summed E-state index contributed by atoms with van der Waals surface area (Å²) in [5.41, 5.74) is 2.96. The highest BCUT2D eigenvalue weighted by Crippen LogP contribution is 2.36. The summed E-state index contributed by atoms with van der Waals surface area (Å²) < 4.78 is 39.2. The van der Waals surface area contributed by atoms with Crippen LogP contribution in [0.25, 0.3) is 22.1 Å². The van der Waals surface area contributed by atoms with Crippen molar-refractivity contribution in [1.82, 2.24) is 19.5 Å². The highest BCUT2D eigenvalue weighted by molar-refractivity contribution is 6.01. The van der Waals surface area contributed by atoms with Crippen molar-refractivity contribution in [3.05, 3.63) is 24.3 Å². The van der Waals surface area contributed by atoms with Crippen molar-refractivity contribution in [1.29, 1.82) is 0 Å². The van der Waals surface area contributed by atoms with E-state index >= 15 is 0 Å². The standard InChI is InChI=1S/C18H20F3N5O/c1-10(27)17-25-14-8-23-16-13(6-7-22-16)15(14)26(17)12-4-2-11(3-5-12)24-9-18(19,20)21/h6-8,10,12,27H,2-5,9H2,1H3,(H,22,23)/t10-,12?/m1/s1. The number of aromatic amines is 1. The Morgan fingerprint density at radius 3 is 2.78 bits per heavy atom. The first-order chi connectivity index (χ1) is 12.8.